The van der Waals surface area contributed by atoms with Crippen LogP contribution in [0.4, 0.5) is 0 Å². The highest BCUT2D eigenvalue weighted by atomic mass is 35.5. The van der Waals surface area contributed by atoms with E-state index < -0.39 is 5.63 Å². The van der Waals surface area contributed by atoms with Crippen LogP contribution in [0.5, 0.6) is 0 Å². The van der Waals surface area contributed by atoms with Crippen LogP contribution in [0.1, 0.15) is 53.0 Å². The van der Waals surface area contributed by atoms with Gasteiger partial charge >= 0.3 is 5.63 Å². The Kier molecular flexibility index (Phi) is 6.82. The van der Waals surface area contributed by atoms with Crippen molar-refractivity contribution in [1.82, 2.24) is 10.6 Å². The molecule has 5 rings (SSSR count). The van der Waals surface area contributed by atoms with Gasteiger partial charge in [0.2, 0.25) is 11.8 Å². The van der Waals surface area contributed by atoms with E-state index in [0.717, 1.165) is 34.9 Å². The van der Waals surface area contributed by atoms with E-state index >= 15 is 0 Å². The molecule has 1 fully saturated rings. The Labute approximate surface area is 219 Å². The molecule has 0 saturated heterocycles. The van der Waals surface area contributed by atoms with Crippen LogP contribution in [0, 0.1) is 20.8 Å². The summed E-state index contributed by atoms with van der Waals surface area (Å²) in [6, 6.07) is 9.37. The molecule has 1 atom stereocenters. The highest BCUT2D eigenvalue weighted by molar-refractivity contribution is 6.30. The van der Waals surface area contributed by atoms with Crippen LogP contribution in [0.3, 0.4) is 0 Å². The van der Waals surface area contributed by atoms with Crippen LogP contribution < -0.4 is 16.3 Å². The second-order valence-electron chi connectivity index (χ2n) is 9.96. The number of fused-ring (bicyclic) bond motifs is 3. The van der Waals surface area contributed by atoms with Crippen LogP contribution in [-0.4, -0.2) is 24.4 Å². The van der Waals surface area contributed by atoms with Gasteiger partial charge < -0.3 is 19.5 Å². The summed E-state index contributed by atoms with van der Waals surface area (Å²) in [5, 5.41) is 8.20. The van der Waals surface area contributed by atoms with E-state index in [1.165, 1.54) is 0 Å². The summed E-state index contributed by atoms with van der Waals surface area (Å²) in [5.74, 6) is -0.603. The highest BCUT2D eigenvalue weighted by Gasteiger charge is 2.26. The maximum absolute atomic E-state index is 13.0. The molecule has 2 N–H and O–H groups in total. The molecular formula is C29H29ClN2O5. The van der Waals surface area contributed by atoms with Gasteiger partial charge in [-0.1, -0.05) is 23.7 Å². The Morgan fingerprint density at radius 2 is 1.78 bits per heavy atom. The van der Waals surface area contributed by atoms with E-state index in [-0.39, 0.29) is 43.2 Å². The van der Waals surface area contributed by atoms with E-state index in [1.54, 1.807) is 18.4 Å². The normalized spacial score (nSPS) is 14.2. The van der Waals surface area contributed by atoms with Crippen molar-refractivity contribution in [3.05, 3.63) is 79.9 Å². The molecule has 8 heteroatoms. The first-order valence-electron chi connectivity index (χ1n) is 12.5. The van der Waals surface area contributed by atoms with Crippen LogP contribution in [-0.2, 0) is 16.0 Å². The molecule has 2 amide bonds. The van der Waals surface area contributed by atoms with Gasteiger partial charge in [-0.05, 0) is 74.1 Å². The van der Waals surface area contributed by atoms with Crippen molar-refractivity contribution >= 4 is 45.4 Å². The zero-order valence-corrected chi connectivity index (χ0v) is 21.8. The van der Waals surface area contributed by atoms with Crippen molar-refractivity contribution in [2.24, 2.45) is 0 Å². The summed E-state index contributed by atoms with van der Waals surface area (Å²) in [4.78, 5) is 38.4. The molecule has 0 bridgehead atoms. The molecule has 0 aliphatic heterocycles. The topological polar surface area (TPSA) is 102 Å². The molecule has 0 unspecified atom stereocenters. The fraction of sp³-hybridized carbons (Fsp3) is 0.345. The lowest BCUT2D eigenvalue weighted by Crippen LogP contribution is -2.34. The maximum atomic E-state index is 13.0. The zero-order valence-electron chi connectivity index (χ0n) is 21.1. The number of rotatable bonds is 8. The number of hydrogen-bond acceptors (Lipinski definition) is 5. The average molecular weight is 521 g/mol. The minimum absolute atomic E-state index is 0.0456. The maximum Gasteiger partial charge on any atom is 0.340 e. The summed E-state index contributed by atoms with van der Waals surface area (Å²) in [6.45, 7) is 5.98. The van der Waals surface area contributed by atoms with Crippen molar-refractivity contribution in [3.63, 3.8) is 0 Å². The Bertz CT molecular complexity index is 1560. The lowest BCUT2D eigenvalue weighted by molar-refractivity contribution is -0.123. The van der Waals surface area contributed by atoms with Gasteiger partial charge in [-0.2, -0.15) is 0 Å². The molecule has 7 nitrogen and oxygen atoms in total. The summed E-state index contributed by atoms with van der Waals surface area (Å²) in [6.07, 6.45) is 3.80. The molecule has 1 saturated carbocycles. The zero-order chi connectivity index (χ0) is 26.3. The molecule has 0 spiro atoms. The number of amides is 2. The standard InChI is InChI=1S/C29H29ClN2O5/c1-15-10-23-27(28-26(15)16(2)14-36-28)17(3)22(29(35)37-23)12-24(33)31-13-19(11-25(34)32-21-8-9-21)18-4-6-20(30)7-5-18/h4-7,10,14,19,21H,8-9,11-13H2,1-3H3,(H,31,33)(H,32,34)/t19-/m0/s1. The molecular weight excluding hydrogens is 492 g/mol. The third kappa shape index (κ3) is 5.27. The molecule has 4 aromatic rings. The minimum Gasteiger partial charge on any atom is -0.463 e. The van der Waals surface area contributed by atoms with Crippen molar-refractivity contribution in [1.29, 1.82) is 0 Å². The van der Waals surface area contributed by atoms with Crippen LogP contribution >= 0.6 is 11.6 Å². The largest absolute Gasteiger partial charge is 0.463 e. The van der Waals surface area contributed by atoms with Crippen molar-refractivity contribution < 1.29 is 18.4 Å². The SMILES string of the molecule is Cc1coc2c1c(C)cc1oc(=O)c(CC(=O)NC[C@H](CC(=O)NC3CC3)c3ccc(Cl)cc3)c(C)c12. The van der Waals surface area contributed by atoms with E-state index in [0.29, 0.717) is 32.7 Å². The molecule has 2 aromatic carbocycles. The minimum atomic E-state index is -0.541. The number of nitrogens with one attached hydrogen (secondary N) is 2. The second-order valence-corrected chi connectivity index (χ2v) is 10.4. The van der Waals surface area contributed by atoms with Crippen molar-refractivity contribution in [2.75, 3.05) is 6.54 Å². The third-order valence-corrected chi connectivity index (χ3v) is 7.32. The molecule has 1 aliphatic rings. The highest BCUT2D eigenvalue weighted by Crippen LogP contribution is 2.34. The second kappa shape index (κ2) is 10.1. The molecule has 37 heavy (non-hydrogen) atoms. The number of carbonyl (C=O) groups excluding carboxylic acids is 2. The third-order valence-electron chi connectivity index (χ3n) is 7.07. The van der Waals surface area contributed by atoms with Gasteiger partial charge in [0.05, 0.1) is 23.6 Å². The predicted octanol–water partition coefficient (Wildman–Crippen LogP) is 5.23. The van der Waals surface area contributed by atoms with Gasteiger partial charge in [0.15, 0.2) is 0 Å². The monoisotopic (exact) mass is 520 g/mol. The van der Waals surface area contributed by atoms with Crippen molar-refractivity contribution in [3.8, 4) is 0 Å². The van der Waals surface area contributed by atoms with Crippen LogP contribution in [0.15, 0.2) is 50.2 Å². The van der Waals surface area contributed by atoms with Crippen molar-refractivity contribution in [2.45, 2.75) is 58.4 Å². The van der Waals surface area contributed by atoms with E-state index in [1.807, 2.05) is 39.0 Å². The summed E-state index contributed by atoms with van der Waals surface area (Å²) in [7, 11) is 0. The number of furan rings is 1. The molecule has 0 radical (unpaired) electrons. The summed E-state index contributed by atoms with van der Waals surface area (Å²) >= 11 is 6.04. The molecule has 1 aliphatic carbocycles. The quantitative estimate of drug-likeness (QED) is 0.310. The number of carbonyl (C=O) groups is 2. The summed E-state index contributed by atoms with van der Waals surface area (Å²) < 4.78 is 11.4. The van der Waals surface area contributed by atoms with Gasteiger partial charge in [-0.25, -0.2) is 4.79 Å². The molecule has 2 aromatic heterocycles. The average Bonchev–Trinajstić information content (AvgIpc) is 3.58. The first-order valence-corrected chi connectivity index (χ1v) is 12.8. The van der Waals surface area contributed by atoms with E-state index in [2.05, 4.69) is 10.6 Å². The first-order chi connectivity index (χ1) is 17.7. The lowest BCUT2D eigenvalue weighted by atomic mass is 9.95. The van der Waals surface area contributed by atoms with E-state index in [9.17, 15) is 14.4 Å². The molecule has 192 valence electrons. The fourth-order valence-corrected chi connectivity index (χ4v) is 5.04. The van der Waals surface area contributed by atoms with Crippen LogP contribution in [0.25, 0.3) is 21.9 Å². The Morgan fingerprint density at radius 1 is 1.05 bits per heavy atom. The number of aryl methyl sites for hydroxylation is 3. The lowest BCUT2D eigenvalue weighted by Gasteiger charge is -2.18. The van der Waals surface area contributed by atoms with Crippen LogP contribution in [0.2, 0.25) is 5.02 Å². The van der Waals surface area contributed by atoms with Gasteiger partial charge in [0, 0.05) is 35.3 Å². The summed E-state index contributed by atoms with van der Waals surface area (Å²) in [5.41, 5.74) is 4.37. The molecule has 2 heterocycles. The Morgan fingerprint density at radius 3 is 2.49 bits per heavy atom. The van der Waals surface area contributed by atoms with Gasteiger partial charge in [-0.15, -0.1) is 0 Å². The first kappa shape index (κ1) is 25.1. The number of benzene rings is 2. The van der Waals surface area contributed by atoms with E-state index in [4.69, 9.17) is 20.4 Å². The smallest absolute Gasteiger partial charge is 0.340 e. The van der Waals surface area contributed by atoms with Gasteiger partial charge in [0.25, 0.3) is 0 Å². The Balaban J connectivity index is 1.36. The number of halogens is 1. The van der Waals surface area contributed by atoms with Gasteiger partial charge in [0.1, 0.15) is 11.2 Å². The van der Waals surface area contributed by atoms with Gasteiger partial charge in [-0.3, -0.25) is 9.59 Å². The predicted molar refractivity (Wildman–Crippen MR) is 143 cm³/mol. The Hall–Kier alpha value is -3.58. The fourth-order valence-electron chi connectivity index (χ4n) is 4.92. The number of hydrogen-bond donors (Lipinski definition) is 2.